The Balaban J connectivity index is 1.76. The van der Waals surface area contributed by atoms with Gasteiger partial charge in [-0.05, 0) is 49.2 Å². The third-order valence-electron chi connectivity index (χ3n) is 5.46. The summed E-state index contributed by atoms with van der Waals surface area (Å²) < 4.78 is 18.9. The second-order valence-electron chi connectivity index (χ2n) is 7.71. The number of anilines is 1. The Morgan fingerprint density at radius 1 is 0.938 bits per heavy atom. The van der Waals surface area contributed by atoms with Crippen LogP contribution < -0.4 is 10.1 Å². The van der Waals surface area contributed by atoms with Gasteiger partial charge in [0.25, 0.3) is 11.8 Å². The molecule has 3 aromatic carbocycles. The van der Waals surface area contributed by atoms with E-state index in [0.717, 1.165) is 16.8 Å². The third kappa shape index (κ3) is 3.99. The molecule has 0 spiro atoms. The van der Waals surface area contributed by atoms with Crippen LogP contribution in [0.1, 0.15) is 22.3 Å². The molecule has 3 aromatic rings. The van der Waals surface area contributed by atoms with Crippen LogP contribution in [-0.4, -0.2) is 23.8 Å². The van der Waals surface area contributed by atoms with Crippen LogP contribution in [0.2, 0.25) is 0 Å². The molecule has 1 aliphatic heterocycles. The van der Waals surface area contributed by atoms with Crippen molar-refractivity contribution >= 4 is 23.1 Å². The number of nitrogens with zero attached hydrogens (tertiary/aromatic N) is 1. The van der Waals surface area contributed by atoms with Crippen LogP contribution in [0.25, 0.3) is 5.57 Å². The fourth-order valence-corrected chi connectivity index (χ4v) is 3.81. The largest absolute Gasteiger partial charge is 0.496 e. The molecule has 0 saturated carbocycles. The molecule has 0 bridgehead atoms. The van der Waals surface area contributed by atoms with Crippen LogP contribution >= 0.6 is 0 Å². The number of methoxy groups -OCH3 is 1. The number of hydrogen-bond acceptors (Lipinski definition) is 4. The normalized spacial score (nSPS) is 13.7. The predicted molar refractivity (Wildman–Crippen MR) is 121 cm³/mol. The lowest BCUT2D eigenvalue weighted by Gasteiger charge is -2.17. The molecule has 0 atom stereocenters. The van der Waals surface area contributed by atoms with Crippen LogP contribution in [0.15, 0.2) is 72.4 Å². The van der Waals surface area contributed by atoms with E-state index in [0.29, 0.717) is 16.9 Å². The van der Waals surface area contributed by atoms with Crippen molar-refractivity contribution in [3.8, 4) is 5.75 Å². The molecule has 0 aliphatic carbocycles. The predicted octanol–water partition coefficient (Wildman–Crippen LogP) is 4.84. The fraction of sp³-hybridized carbons (Fsp3) is 0.154. The number of halogens is 1. The molecule has 2 amide bonds. The Morgan fingerprint density at radius 2 is 1.66 bits per heavy atom. The molecular weight excluding hydrogens is 407 g/mol. The zero-order chi connectivity index (χ0) is 22.8. The molecule has 32 heavy (non-hydrogen) atoms. The zero-order valence-corrected chi connectivity index (χ0v) is 18.1. The van der Waals surface area contributed by atoms with Crippen LogP contribution in [-0.2, 0) is 16.1 Å². The molecular formula is C26H23FN2O3. The number of benzene rings is 3. The third-order valence-corrected chi connectivity index (χ3v) is 5.46. The maximum Gasteiger partial charge on any atom is 0.278 e. The van der Waals surface area contributed by atoms with Crippen molar-refractivity contribution in [3.05, 3.63) is 100 Å². The van der Waals surface area contributed by atoms with Crippen molar-refractivity contribution in [2.24, 2.45) is 0 Å². The molecule has 1 N–H and O–H groups in total. The van der Waals surface area contributed by atoms with Gasteiger partial charge in [-0.25, -0.2) is 4.39 Å². The summed E-state index contributed by atoms with van der Waals surface area (Å²) in [4.78, 5) is 28.0. The maximum absolute atomic E-state index is 13.5. The molecule has 0 radical (unpaired) electrons. The van der Waals surface area contributed by atoms with Gasteiger partial charge in [0.2, 0.25) is 0 Å². The van der Waals surface area contributed by atoms with Gasteiger partial charge in [0, 0.05) is 11.3 Å². The van der Waals surface area contributed by atoms with Gasteiger partial charge >= 0.3 is 0 Å². The second-order valence-corrected chi connectivity index (χ2v) is 7.71. The summed E-state index contributed by atoms with van der Waals surface area (Å²) in [5, 5.41) is 3.17. The molecule has 0 unspecified atom stereocenters. The Hall–Kier alpha value is -3.93. The summed E-state index contributed by atoms with van der Waals surface area (Å²) in [5.74, 6) is -0.715. The average Bonchev–Trinajstić information content (AvgIpc) is 3.01. The smallest absolute Gasteiger partial charge is 0.278 e. The summed E-state index contributed by atoms with van der Waals surface area (Å²) in [6.45, 7) is 3.98. The summed E-state index contributed by atoms with van der Waals surface area (Å²) in [6, 6.07) is 18.6. The first-order valence-corrected chi connectivity index (χ1v) is 10.2. The number of imide groups is 1. The second kappa shape index (κ2) is 8.67. The standard InChI is InChI=1S/C26H23FN2O3/c1-16-8-13-21(17(2)14-16)28-24-23(18-9-11-20(27)12-10-18)25(30)29(26(24)31)15-19-6-4-5-7-22(19)32-3/h4-14,28H,15H2,1-3H3. The molecule has 0 saturated heterocycles. The van der Waals surface area contributed by atoms with Gasteiger partial charge < -0.3 is 10.1 Å². The SMILES string of the molecule is COc1ccccc1CN1C(=O)C(Nc2ccc(C)cc2C)=C(c2ccc(F)cc2)C1=O. The Bertz CT molecular complexity index is 1230. The van der Waals surface area contributed by atoms with Crippen molar-refractivity contribution in [2.75, 3.05) is 12.4 Å². The number of amides is 2. The van der Waals surface area contributed by atoms with Gasteiger partial charge in [-0.15, -0.1) is 0 Å². The highest BCUT2D eigenvalue weighted by Crippen LogP contribution is 2.33. The Labute approximate surface area is 186 Å². The summed E-state index contributed by atoms with van der Waals surface area (Å²) in [6.07, 6.45) is 0. The average molecular weight is 430 g/mol. The van der Waals surface area contributed by atoms with Crippen molar-refractivity contribution < 1.29 is 18.7 Å². The highest BCUT2D eigenvalue weighted by Gasteiger charge is 2.39. The Morgan fingerprint density at radius 3 is 2.34 bits per heavy atom. The van der Waals surface area contributed by atoms with Crippen LogP contribution in [0.4, 0.5) is 10.1 Å². The number of ether oxygens (including phenoxy) is 1. The summed E-state index contributed by atoms with van der Waals surface area (Å²) >= 11 is 0. The van der Waals surface area contributed by atoms with Crippen molar-refractivity contribution in [1.29, 1.82) is 0 Å². The lowest BCUT2D eigenvalue weighted by Crippen LogP contribution is -2.32. The minimum atomic E-state index is -0.445. The van der Waals surface area contributed by atoms with Gasteiger partial charge in [-0.1, -0.05) is 48.0 Å². The Kier molecular flexibility index (Phi) is 5.77. The number of aryl methyl sites for hydroxylation is 2. The van der Waals surface area contributed by atoms with E-state index in [-0.39, 0.29) is 17.8 Å². The number of carbonyl (C=O) groups excluding carboxylic acids is 2. The monoisotopic (exact) mass is 430 g/mol. The quantitative estimate of drug-likeness (QED) is 0.569. The molecule has 6 heteroatoms. The molecule has 0 fully saturated rings. The summed E-state index contributed by atoms with van der Waals surface area (Å²) in [5.41, 5.74) is 4.33. The molecule has 1 heterocycles. The van der Waals surface area contributed by atoms with Gasteiger partial charge in [0.05, 0.1) is 19.2 Å². The van der Waals surface area contributed by atoms with Crippen LogP contribution in [0, 0.1) is 19.7 Å². The van der Waals surface area contributed by atoms with E-state index in [1.807, 2.05) is 50.2 Å². The number of hydrogen-bond donors (Lipinski definition) is 1. The van der Waals surface area contributed by atoms with Gasteiger partial charge in [0.15, 0.2) is 0 Å². The fourth-order valence-electron chi connectivity index (χ4n) is 3.81. The molecule has 5 nitrogen and oxygen atoms in total. The highest BCUT2D eigenvalue weighted by atomic mass is 19.1. The van der Waals surface area contributed by atoms with E-state index in [9.17, 15) is 14.0 Å². The first-order chi connectivity index (χ1) is 15.4. The minimum absolute atomic E-state index is 0.0600. The minimum Gasteiger partial charge on any atom is -0.496 e. The van der Waals surface area contributed by atoms with Gasteiger partial charge in [0.1, 0.15) is 17.3 Å². The number of para-hydroxylation sites is 1. The number of rotatable bonds is 6. The highest BCUT2D eigenvalue weighted by molar-refractivity contribution is 6.36. The van der Waals surface area contributed by atoms with E-state index in [2.05, 4.69) is 5.32 Å². The maximum atomic E-state index is 13.5. The van der Waals surface area contributed by atoms with E-state index >= 15 is 0 Å². The van der Waals surface area contributed by atoms with E-state index in [1.54, 1.807) is 13.2 Å². The summed E-state index contributed by atoms with van der Waals surface area (Å²) in [7, 11) is 1.54. The van der Waals surface area contributed by atoms with Crippen molar-refractivity contribution in [3.63, 3.8) is 0 Å². The first kappa shape index (κ1) is 21.3. The topological polar surface area (TPSA) is 58.6 Å². The van der Waals surface area contributed by atoms with E-state index in [1.165, 1.54) is 29.2 Å². The van der Waals surface area contributed by atoms with Crippen LogP contribution in [0.5, 0.6) is 5.75 Å². The van der Waals surface area contributed by atoms with Crippen molar-refractivity contribution in [2.45, 2.75) is 20.4 Å². The molecule has 1 aliphatic rings. The van der Waals surface area contributed by atoms with E-state index in [4.69, 9.17) is 4.74 Å². The number of nitrogens with one attached hydrogen (secondary N) is 1. The molecule has 0 aromatic heterocycles. The van der Waals surface area contributed by atoms with E-state index < -0.39 is 17.6 Å². The lowest BCUT2D eigenvalue weighted by atomic mass is 10.0. The zero-order valence-electron chi connectivity index (χ0n) is 18.1. The van der Waals surface area contributed by atoms with Crippen LogP contribution in [0.3, 0.4) is 0 Å². The lowest BCUT2D eigenvalue weighted by molar-refractivity contribution is -0.137. The van der Waals surface area contributed by atoms with Gasteiger partial charge in [-0.3, -0.25) is 14.5 Å². The van der Waals surface area contributed by atoms with Gasteiger partial charge in [-0.2, -0.15) is 0 Å². The number of carbonyl (C=O) groups is 2. The first-order valence-electron chi connectivity index (χ1n) is 10.2. The molecule has 4 rings (SSSR count). The van der Waals surface area contributed by atoms with Crippen molar-refractivity contribution in [1.82, 2.24) is 4.90 Å². The molecule has 162 valence electrons.